The molecule has 118 valence electrons. The predicted octanol–water partition coefficient (Wildman–Crippen LogP) is 4.30. The van der Waals surface area contributed by atoms with E-state index in [1.807, 2.05) is 6.92 Å². The Morgan fingerprint density at radius 3 is 2.10 bits per heavy atom. The van der Waals surface area contributed by atoms with Gasteiger partial charge in [0.15, 0.2) is 5.78 Å². The minimum Gasteiger partial charge on any atom is -0.376 e. The predicted molar refractivity (Wildman–Crippen MR) is 84.0 cm³/mol. The molecule has 0 spiro atoms. The molecule has 0 aliphatic heterocycles. The lowest BCUT2D eigenvalue weighted by atomic mass is 9.98. The SMILES string of the molecule is C=C(C)C(=O)CCCC(C)(C)OCCC(C)(C)OCC. The van der Waals surface area contributed by atoms with E-state index in [1.165, 1.54) is 0 Å². The molecule has 0 aliphatic carbocycles. The maximum atomic E-state index is 11.5. The molecule has 0 fully saturated rings. The van der Waals surface area contributed by atoms with Crippen LogP contribution >= 0.6 is 0 Å². The molecule has 0 bridgehead atoms. The molecule has 0 heterocycles. The minimum atomic E-state index is -0.197. The van der Waals surface area contributed by atoms with Gasteiger partial charge in [-0.3, -0.25) is 4.79 Å². The van der Waals surface area contributed by atoms with Gasteiger partial charge in [-0.05, 0) is 66.4 Å². The summed E-state index contributed by atoms with van der Waals surface area (Å²) in [4.78, 5) is 11.5. The van der Waals surface area contributed by atoms with Crippen LogP contribution in [0, 0.1) is 0 Å². The van der Waals surface area contributed by atoms with Crippen LogP contribution < -0.4 is 0 Å². The van der Waals surface area contributed by atoms with Crippen molar-refractivity contribution in [2.75, 3.05) is 13.2 Å². The van der Waals surface area contributed by atoms with E-state index >= 15 is 0 Å². The molecule has 0 aromatic heterocycles. The average molecular weight is 284 g/mol. The van der Waals surface area contributed by atoms with Crippen molar-refractivity contribution in [2.45, 2.75) is 78.4 Å². The Balaban J connectivity index is 3.95. The minimum absolute atomic E-state index is 0.138. The normalized spacial score (nSPS) is 12.5. The van der Waals surface area contributed by atoms with E-state index in [-0.39, 0.29) is 17.0 Å². The highest BCUT2D eigenvalue weighted by Gasteiger charge is 2.22. The van der Waals surface area contributed by atoms with Crippen molar-refractivity contribution in [3.05, 3.63) is 12.2 Å². The van der Waals surface area contributed by atoms with E-state index in [2.05, 4.69) is 34.3 Å². The van der Waals surface area contributed by atoms with Crippen LogP contribution in [0.25, 0.3) is 0 Å². The molecular weight excluding hydrogens is 252 g/mol. The molecule has 3 nitrogen and oxygen atoms in total. The van der Waals surface area contributed by atoms with Crippen LogP contribution in [0.5, 0.6) is 0 Å². The smallest absolute Gasteiger partial charge is 0.157 e. The van der Waals surface area contributed by atoms with Crippen LogP contribution in [0.2, 0.25) is 0 Å². The lowest BCUT2D eigenvalue weighted by Crippen LogP contribution is -2.31. The van der Waals surface area contributed by atoms with Gasteiger partial charge < -0.3 is 9.47 Å². The van der Waals surface area contributed by atoms with Crippen LogP contribution in [0.15, 0.2) is 12.2 Å². The van der Waals surface area contributed by atoms with Crippen LogP contribution in [0.1, 0.15) is 67.2 Å². The van der Waals surface area contributed by atoms with Crippen molar-refractivity contribution in [1.82, 2.24) is 0 Å². The highest BCUT2D eigenvalue weighted by Crippen LogP contribution is 2.21. The van der Waals surface area contributed by atoms with E-state index in [0.29, 0.717) is 18.6 Å². The summed E-state index contributed by atoms with van der Waals surface area (Å²) in [6.45, 7) is 17.1. The number of ether oxygens (including phenoxy) is 2. The molecule has 0 atom stereocenters. The summed E-state index contributed by atoms with van der Waals surface area (Å²) in [5.41, 5.74) is 0.306. The number of ketones is 1. The molecule has 0 radical (unpaired) electrons. The molecule has 0 saturated heterocycles. The van der Waals surface area contributed by atoms with Gasteiger partial charge in [0.05, 0.1) is 17.8 Å². The van der Waals surface area contributed by atoms with Crippen LogP contribution in [0.3, 0.4) is 0 Å². The monoisotopic (exact) mass is 284 g/mol. The number of Topliss-reactive ketones (excluding diaryl/α,β-unsaturated/α-hetero) is 1. The third kappa shape index (κ3) is 9.27. The maximum Gasteiger partial charge on any atom is 0.157 e. The van der Waals surface area contributed by atoms with Gasteiger partial charge in [0.25, 0.3) is 0 Å². The van der Waals surface area contributed by atoms with Crippen LogP contribution in [0.4, 0.5) is 0 Å². The summed E-state index contributed by atoms with van der Waals surface area (Å²) in [5.74, 6) is 0.151. The van der Waals surface area contributed by atoms with Crippen LogP contribution in [-0.2, 0) is 14.3 Å². The number of hydrogen-bond acceptors (Lipinski definition) is 3. The van der Waals surface area contributed by atoms with Gasteiger partial charge in [-0.2, -0.15) is 0 Å². The molecule has 0 N–H and O–H groups in total. The molecule has 3 heteroatoms. The molecule has 0 aromatic carbocycles. The molecule has 0 rings (SSSR count). The molecule has 0 aromatic rings. The van der Waals surface area contributed by atoms with Crippen molar-refractivity contribution in [3.63, 3.8) is 0 Å². The first-order chi connectivity index (χ1) is 9.09. The summed E-state index contributed by atoms with van der Waals surface area (Å²) in [5, 5.41) is 0. The zero-order valence-electron chi connectivity index (χ0n) is 14.2. The van der Waals surface area contributed by atoms with Gasteiger partial charge in [0.1, 0.15) is 0 Å². The fourth-order valence-electron chi connectivity index (χ4n) is 2.00. The number of hydrogen-bond donors (Lipinski definition) is 0. The molecular formula is C17H32O3. The van der Waals surface area contributed by atoms with Gasteiger partial charge in [-0.15, -0.1) is 0 Å². The quantitative estimate of drug-likeness (QED) is 0.531. The number of rotatable bonds is 11. The van der Waals surface area contributed by atoms with Crippen LogP contribution in [-0.4, -0.2) is 30.2 Å². The molecule has 0 unspecified atom stereocenters. The third-order valence-electron chi connectivity index (χ3n) is 3.39. The van der Waals surface area contributed by atoms with Crippen molar-refractivity contribution in [1.29, 1.82) is 0 Å². The summed E-state index contributed by atoms with van der Waals surface area (Å²) in [6.07, 6.45) is 3.15. The van der Waals surface area contributed by atoms with Crippen molar-refractivity contribution < 1.29 is 14.3 Å². The molecule has 0 aliphatic rings. The van der Waals surface area contributed by atoms with Crippen molar-refractivity contribution in [3.8, 4) is 0 Å². The van der Waals surface area contributed by atoms with E-state index in [1.54, 1.807) is 6.92 Å². The summed E-state index contributed by atoms with van der Waals surface area (Å²) >= 11 is 0. The fraction of sp³-hybridized carbons (Fsp3) is 0.824. The Bertz CT molecular complexity index is 316. The Labute approximate surface area is 124 Å². The fourth-order valence-corrected chi connectivity index (χ4v) is 2.00. The number of carbonyl (C=O) groups excluding carboxylic acids is 1. The highest BCUT2D eigenvalue weighted by molar-refractivity contribution is 5.93. The van der Waals surface area contributed by atoms with Crippen molar-refractivity contribution >= 4 is 5.78 Å². The summed E-state index contributed by atoms with van der Waals surface area (Å²) in [6, 6.07) is 0. The first kappa shape index (κ1) is 19.3. The average Bonchev–Trinajstić information content (AvgIpc) is 2.27. The largest absolute Gasteiger partial charge is 0.376 e. The lowest BCUT2D eigenvalue weighted by Gasteiger charge is -2.29. The van der Waals surface area contributed by atoms with Gasteiger partial charge >= 0.3 is 0 Å². The zero-order chi connectivity index (χ0) is 15.8. The topological polar surface area (TPSA) is 35.5 Å². The van der Waals surface area contributed by atoms with Gasteiger partial charge in [0.2, 0.25) is 0 Å². The van der Waals surface area contributed by atoms with Gasteiger partial charge in [-0.1, -0.05) is 6.58 Å². The molecule has 0 saturated carbocycles. The first-order valence-electron chi connectivity index (χ1n) is 7.56. The molecule has 0 amide bonds. The standard InChI is InChI=1S/C17H32O3/c1-8-19-17(6,7)12-13-20-16(4,5)11-9-10-15(18)14(2)3/h2,8-13H2,1,3-7H3. The van der Waals surface area contributed by atoms with E-state index < -0.39 is 0 Å². The summed E-state index contributed by atoms with van der Waals surface area (Å²) in [7, 11) is 0. The maximum absolute atomic E-state index is 11.5. The Kier molecular flexibility index (Phi) is 8.29. The van der Waals surface area contributed by atoms with Gasteiger partial charge in [-0.25, -0.2) is 0 Å². The Hall–Kier alpha value is -0.670. The third-order valence-corrected chi connectivity index (χ3v) is 3.39. The van der Waals surface area contributed by atoms with Crippen molar-refractivity contribution in [2.24, 2.45) is 0 Å². The van der Waals surface area contributed by atoms with E-state index in [9.17, 15) is 4.79 Å². The van der Waals surface area contributed by atoms with E-state index in [0.717, 1.165) is 25.9 Å². The second-order valence-corrected chi connectivity index (χ2v) is 6.61. The van der Waals surface area contributed by atoms with E-state index in [4.69, 9.17) is 9.47 Å². The second-order valence-electron chi connectivity index (χ2n) is 6.61. The molecule has 20 heavy (non-hydrogen) atoms. The number of carbonyl (C=O) groups is 1. The second kappa shape index (κ2) is 8.58. The Morgan fingerprint density at radius 2 is 1.60 bits per heavy atom. The van der Waals surface area contributed by atoms with Gasteiger partial charge in [0, 0.05) is 13.0 Å². The zero-order valence-corrected chi connectivity index (χ0v) is 14.2. The first-order valence-corrected chi connectivity index (χ1v) is 7.56. The Morgan fingerprint density at radius 1 is 1.05 bits per heavy atom. The number of allylic oxidation sites excluding steroid dienone is 1. The summed E-state index contributed by atoms with van der Waals surface area (Å²) < 4.78 is 11.6. The lowest BCUT2D eigenvalue weighted by molar-refractivity contribution is -0.115. The highest BCUT2D eigenvalue weighted by atomic mass is 16.5.